The molecule has 0 aromatic heterocycles. The van der Waals surface area contributed by atoms with Crippen LogP contribution in [0.25, 0.3) is 0 Å². The molecule has 0 atom stereocenters. The molecule has 0 radical (unpaired) electrons. The molecule has 0 saturated heterocycles. The smallest absolute Gasteiger partial charge is 0.251 e. The van der Waals surface area contributed by atoms with Crippen molar-refractivity contribution in [3.8, 4) is 5.75 Å². The van der Waals surface area contributed by atoms with Crippen LogP contribution in [-0.2, 0) is 33.2 Å². The Morgan fingerprint density at radius 3 is 1.34 bits per heavy atom. The number of anilines is 5. The highest BCUT2D eigenvalue weighted by Gasteiger charge is 2.55. The fraction of sp³-hybridized carbons (Fsp3) is 0.206. The summed E-state index contributed by atoms with van der Waals surface area (Å²) >= 11 is 0. The van der Waals surface area contributed by atoms with Gasteiger partial charge >= 0.3 is 0 Å². The maximum atomic E-state index is 7.86. The Morgan fingerprint density at radius 1 is 0.456 bits per heavy atom. The second-order valence-electron chi connectivity index (χ2n) is 21.4. The van der Waals surface area contributed by atoms with Crippen molar-refractivity contribution in [1.82, 2.24) is 0 Å². The molecule has 8 aromatic carbocycles. The minimum absolute atomic E-state index is 0.00736. The topological polar surface area (TPSA) is 24.9 Å². The second kappa shape index (κ2) is 15.4. The monoisotopic (exact) mass is 884 g/mol. The fourth-order valence-electron chi connectivity index (χ4n) is 11.6. The Morgan fingerprint density at radius 2 is 0.882 bits per heavy atom. The molecule has 0 spiro atoms. The Kier molecular flexibility index (Phi) is 9.54. The van der Waals surface area contributed by atoms with Gasteiger partial charge in [0.2, 0.25) is 0 Å². The Balaban J connectivity index is 1.14. The standard InChI is InChI=1S/C63H57BN2O2/c1-42-36-55-58-56(37-42)66(51-34-30-45(31-35-51)61(5,6)7)59-53(41-63(68-59,48-24-16-10-17-25-48)49-26-18-11-19-27-49)64(58)52-38-43-40-62(46-20-12-8-13-21-46,47-22-14-9-15-23-47)67-57(43)39-54(52)65(55)50-32-28-44(29-33-50)60(2,3)4/h8-39H,40-41H2,1-7H3. The van der Waals surface area contributed by atoms with Gasteiger partial charge < -0.3 is 14.4 Å². The quantitative estimate of drug-likeness (QED) is 0.155. The van der Waals surface area contributed by atoms with Crippen LogP contribution in [0.1, 0.15) is 92.5 Å². The molecule has 0 N–H and O–H groups in total. The lowest BCUT2D eigenvalue weighted by molar-refractivity contribution is 0.0598. The van der Waals surface area contributed by atoms with Gasteiger partial charge in [-0.15, -0.1) is 0 Å². The van der Waals surface area contributed by atoms with Gasteiger partial charge in [-0.1, -0.05) is 193 Å². The van der Waals surface area contributed by atoms with E-state index in [2.05, 4.69) is 252 Å². The van der Waals surface area contributed by atoms with Crippen LogP contribution >= 0.6 is 0 Å². The van der Waals surface area contributed by atoms with Gasteiger partial charge in [-0.2, -0.15) is 0 Å². The van der Waals surface area contributed by atoms with E-state index in [0.717, 1.165) is 56.6 Å². The molecule has 8 aromatic rings. The SMILES string of the molecule is Cc1cc2c3c(c1)N(c1ccc(C(C)(C)C)cc1)c1cc4c(cc1B3C1=C(OC(c3ccccc3)(c3ccccc3)C1)N2c1ccc(C(C)(C)C)cc1)CC(c1ccccc1)(c1ccccc1)O4. The van der Waals surface area contributed by atoms with Crippen LogP contribution in [0.15, 0.2) is 205 Å². The van der Waals surface area contributed by atoms with Crippen molar-refractivity contribution in [3.05, 3.63) is 250 Å². The first-order valence-electron chi connectivity index (χ1n) is 24.3. The highest BCUT2D eigenvalue weighted by molar-refractivity contribution is 6.95. The first-order valence-corrected chi connectivity index (χ1v) is 24.3. The first-order chi connectivity index (χ1) is 32.8. The Hall–Kier alpha value is -7.24. The van der Waals surface area contributed by atoms with Gasteiger partial charge in [0, 0.05) is 69.6 Å². The fourth-order valence-corrected chi connectivity index (χ4v) is 11.6. The van der Waals surface area contributed by atoms with Crippen LogP contribution in [0.4, 0.5) is 28.4 Å². The third-order valence-corrected chi connectivity index (χ3v) is 15.0. The number of nitrogens with zero attached hydrogens (tertiary/aromatic N) is 2. The molecule has 4 aliphatic heterocycles. The molecule has 4 nitrogen and oxygen atoms in total. The maximum absolute atomic E-state index is 7.86. The van der Waals surface area contributed by atoms with Gasteiger partial charge in [0.1, 0.15) is 5.75 Å². The van der Waals surface area contributed by atoms with Crippen molar-refractivity contribution in [1.29, 1.82) is 0 Å². The van der Waals surface area contributed by atoms with Gasteiger partial charge in [0.05, 0.1) is 0 Å². The Bertz CT molecular complexity index is 3160. The minimum Gasteiger partial charge on any atom is -0.477 e. The zero-order valence-corrected chi connectivity index (χ0v) is 40.2. The Labute approximate surface area is 402 Å². The van der Waals surface area contributed by atoms with Crippen molar-refractivity contribution in [2.75, 3.05) is 9.80 Å². The van der Waals surface area contributed by atoms with E-state index in [0.29, 0.717) is 12.8 Å². The van der Waals surface area contributed by atoms with Crippen LogP contribution in [0, 0.1) is 6.92 Å². The molecule has 0 fully saturated rings. The lowest BCUT2D eigenvalue weighted by atomic mass is 9.32. The van der Waals surface area contributed by atoms with Gasteiger partial charge in [0.25, 0.3) is 6.71 Å². The summed E-state index contributed by atoms with van der Waals surface area (Å²) in [5, 5.41) is 0. The van der Waals surface area contributed by atoms with Crippen LogP contribution in [0.5, 0.6) is 5.75 Å². The molecular weight excluding hydrogens is 828 g/mol. The normalized spacial score (nSPS) is 16.4. The van der Waals surface area contributed by atoms with E-state index in [9.17, 15) is 0 Å². The molecule has 4 aliphatic rings. The number of fused-ring (bicyclic) bond motifs is 4. The molecule has 334 valence electrons. The van der Waals surface area contributed by atoms with E-state index in [4.69, 9.17) is 9.47 Å². The predicted molar refractivity (Wildman–Crippen MR) is 281 cm³/mol. The number of rotatable bonds is 6. The summed E-state index contributed by atoms with van der Waals surface area (Å²) in [5.41, 5.74) is 17.6. The van der Waals surface area contributed by atoms with E-state index in [1.165, 1.54) is 44.3 Å². The van der Waals surface area contributed by atoms with Gasteiger partial charge in [-0.05, 0) is 92.8 Å². The lowest BCUT2D eigenvalue weighted by Crippen LogP contribution is -2.55. The summed E-state index contributed by atoms with van der Waals surface area (Å²) in [5.74, 6) is 1.82. The van der Waals surface area contributed by atoms with Crippen LogP contribution < -0.4 is 25.5 Å². The highest BCUT2D eigenvalue weighted by Crippen LogP contribution is 2.56. The largest absolute Gasteiger partial charge is 0.477 e. The number of benzene rings is 8. The molecule has 0 bridgehead atoms. The van der Waals surface area contributed by atoms with Crippen molar-refractivity contribution in [3.63, 3.8) is 0 Å². The van der Waals surface area contributed by atoms with Gasteiger partial charge in [-0.25, -0.2) is 0 Å². The van der Waals surface area contributed by atoms with Crippen LogP contribution in [0.2, 0.25) is 0 Å². The highest BCUT2D eigenvalue weighted by atomic mass is 16.5. The van der Waals surface area contributed by atoms with Crippen molar-refractivity contribution < 1.29 is 9.47 Å². The number of hydrogen-bond acceptors (Lipinski definition) is 4. The second-order valence-corrected chi connectivity index (χ2v) is 21.4. The van der Waals surface area contributed by atoms with Gasteiger partial charge in [0.15, 0.2) is 17.1 Å². The van der Waals surface area contributed by atoms with E-state index in [1.807, 2.05) is 0 Å². The molecule has 4 heterocycles. The van der Waals surface area contributed by atoms with E-state index in [1.54, 1.807) is 0 Å². The third kappa shape index (κ3) is 6.57. The number of hydrogen-bond donors (Lipinski definition) is 0. The summed E-state index contributed by atoms with van der Waals surface area (Å²) in [6.07, 6.45) is 1.38. The average molecular weight is 885 g/mol. The molecule has 0 saturated carbocycles. The minimum atomic E-state index is -0.774. The lowest BCUT2D eigenvalue weighted by Gasteiger charge is -2.43. The molecule has 5 heteroatoms. The third-order valence-electron chi connectivity index (χ3n) is 15.0. The van der Waals surface area contributed by atoms with E-state index in [-0.39, 0.29) is 17.5 Å². The van der Waals surface area contributed by atoms with Crippen molar-refractivity contribution in [2.45, 2.75) is 83.3 Å². The molecular formula is C63H57BN2O2. The van der Waals surface area contributed by atoms with Gasteiger partial charge in [-0.3, -0.25) is 4.90 Å². The van der Waals surface area contributed by atoms with Crippen molar-refractivity contribution >= 4 is 46.1 Å². The predicted octanol–water partition coefficient (Wildman–Crippen LogP) is 14.1. The average Bonchev–Trinajstić information content (AvgIpc) is 3.95. The summed E-state index contributed by atoms with van der Waals surface area (Å²) in [6, 6.07) is 71.4. The zero-order valence-electron chi connectivity index (χ0n) is 40.2. The van der Waals surface area contributed by atoms with Crippen LogP contribution in [0.3, 0.4) is 0 Å². The van der Waals surface area contributed by atoms with E-state index >= 15 is 0 Å². The molecule has 0 amide bonds. The summed E-state index contributed by atoms with van der Waals surface area (Å²) in [7, 11) is 0. The maximum Gasteiger partial charge on any atom is 0.251 e. The summed E-state index contributed by atoms with van der Waals surface area (Å²) in [4.78, 5) is 4.96. The molecule has 12 rings (SSSR count). The van der Waals surface area contributed by atoms with E-state index < -0.39 is 11.2 Å². The number of aryl methyl sites for hydroxylation is 1. The van der Waals surface area contributed by atoms with Crippen LogP contribution in [-0.4, -0.2) is 6.71 Å². The summed E-state index contributed by atoms with van der Waals surface area (Å²) < 4.78 is 15.3. The molecule has 68 heavy (non-hydrogen) atoms. The van der Waals surface area contributed by atoms with Crippen molar-refractivity contribution in [2.24, 2.45) is 0 Å². The zero-order chi connectivity index (χ0) is 46.6. The molecule has 0 unspecified atom stereocenters. The molecule has 0 aliphatic carbocycles. The first kappa shape index (κ1) is 42.1. The number of ether oxygens (including phenoxy) is 2. The summed E-state index contributed by atoms with van der Waals surface area (Å²) in [6.45, 7) is 15.8.